The van der Waals surface area contributed by atoms with E-state index in [1.165, 1.54) is 25.2 Å². The van der Waals surface area contributed by atoms with Gasteiger partial charge in [0, 0.05) is 37.9 Å². The van der Waals surface area contributed by atoms with E-state index in [9.17, 15) is 4.79 Å². The van der Waals surface area contributed by atoms with Crippen LogP contribution in [-0.2, 0) is 22.4 Å². The number of carbonyl (C=O) groups is 1. The zero-order valence-electron chi connectivity index (χ0n) is 17.5. The molecule has 0 aromatic carbocycles. The minimum Gasteiger partial charge on any atom is -0.466 e. The van der Waals surface area contributed by atoms with Gasteiger partial charge in [0.25, 0.3) is 0 Å². The smallest absolute Gasteiger partial charge is 0.330 e. The molecule has 2 aliphatic heterocycles. The summed E-state index contributed by atoms with van der Waals surface area (Å²) in [6.45, 7) is 5.04. The molecule has 1 aromatic rings. The van der Waals surface area contributed by atoms with Gasteiger partial charge in [0.2, 0.25) is 0 Å². The Balaban J connectivity index is 1.27. The fourth-order valence-electron chi connectivity index (χ4n) is 4.87. The molecule has 29 heavy (non-hydrogen) atoms. The summed E-state index contributed by atoms with van der Waals surface area (Å²) in [6.07, 6.45) is 7.29. The van der Waals surface area contributed by atoms with Gasteiger partial charge in [-0.25, -0.2) is 14.2 Å². The number of anilines is 1. The predicted octanol–water partition coefficient (Wildman–Crippen LogP) is 3.40. The normalized spacial score (nSPS) is 31.5. The predicted molar refractivity (Wildman–Crippen MR) is 112 cm³/mol. The molecular formula is C23H32FN3O2. The first-order valence-corrected chi connectivity index (χ1v) is 10.8. The summed E-state index contributed by atoms with van der Waals surface area (Å²) in [5, 5.41) is 3.52. The molecule has 0 bridgehead atoms. The second kappa shape index (κ2) is 8.42. The number of aromatic nitrogens is 1. The minimum atomic E-state index is -1.18. The molecule has 158 valence electrons. The molecule has 5 nitrogen and oxygen atoms in total. The number of alkyl halides is 1. The second-order valence-corrected chi connectivity index (χ2v) is 9.09. The molecule has 1 saturated carbocycles. The molecule has 3 heterocycles. The maximum atomic E-state index is 15.2. The highest BCUT2D eigenvalue weighted by Gasteiger charge is 2.41. The third kappa shape index (κ3) is 4.97. The van der Waals surface area contributed by atoms with Crippen molar-refractivity contribution in [3.63, 3.8) is 0 Å². The Kier molecular flexibility index (Phi) is 5.91. The van der Waals surface area contributed by atoms with E-state index in [2.05, 4.69) is 29.1 Å². The van der Waals surface area contributed by atoms with E-state index in [-0.39, 0.29) is 5.97 Å². The Labute approximate surface area is 172 Å². The van der Waals surface area contributed by atoms with Crippen LogP contribution in [0.1, 0.15) is 37.4 Å². The van der Waals surface area contributed by atoms with Gasteiger partial charge in [-0.2, -0.15) is 0 Å². The molecule has 0 amide bonds. The lowest BCUT2D eigenvalue weighted by Gasteiger charge is -2.26. The van der Waals surface area contributed by atoms with Crippen molar-refractivity contribution in [3.8, 4) is 0 Å². The van der Waals surface area contributed by atoms with E-state index in [0.29, 0.717) is 38.9 Å². The van der Waals surface area contributed by atoms with Crippen molar-refractivity contribution >= 4 is 11.8 Å². The van der Waals surface area contributed by atoms with Gasteiger partial charge >= 0.3 is 5.97 Å². The number of halogens is 1. The van der Waals surface area contributed by atoms with Gasteiger partial charge < -0.3 is 10.1 Å². The average molecular weight is 402 g/mol. The first-order chi connectivity index (χ1) is 14.0. The van der Waals surface area contributed by atoms with E-state index in [4.69, 9.17) is 4.98 Å². The van der Waals surface area contributed by atoms with Crippen molar-refractivity contribution in [2.45, 2.75) is 44.7 Å². The zero-order valence-corrected chi connectivity index (χ0v) is 17.5. The number of likely N-dealkylation sites (tertiary alicyclic amines) is 1. The highest BCUT2D eigenvalue weighted by molar-refractivity contribution is 5.81. The number of rotatable bonds is 7. The van der Waals surface area contributed by atoms with Crippen LogP contribution in [0.5, 0.6) is 0 Å². The van der Waals surface area contributed by atoms with Crippen LogP contribution in [0.4, 0.5) is 10.2 Å². The summed E-state index contributed by atoms with van der Waals surface area (Å²) in [5.41, 5.74) is 1.09. The lowest BCUT2D eigenvalue weighted by molar-refractivity contribution is -0.134. The Morgan fingerprint density at radius 1 is 1.48 bits per heavy atom. The summed E-state index contributed by atoms with van der Waals surface area (Å²) in [6, 6.07) is 4.27. The van der Waals surface area contributed by atoms with Crippen LogP contribution in [0.15, 0.2) is 24.3 Å². The zero-order chi connectivity index (χ0) is 20.4. The molecule has 4 atom stereocenters. The summed E-state index contributed by atoms with van der Waals surface area (Å²) < 4.78 is 19.8. The highest BCUT2D eigenvalue weighted by Crippen LogP contribution is 2.46. The number of hydrogen-bond acceptors (Lipinski definition) is 5. The van der Waals surface area contributed by atoms with Crippen molar-refractivity contribution in [2.75, 3.05) is 38.6 Å². The summed E-state index contributed by atoms with van der Waals surface area (Å²) >= 11 is 0. The Bertz CT molecular complexity index is 783. The fourth-order valence-corrected chi connectivity index (χ4v) is 4.87. The van der Waals surface area contributed by atoms with Crippen LogP contribution in [0.2, 0.25) is 0 Å². The number of esters is 1. The molecule has 3 unspecified atom stereocenters. The molecule has 0 radical (unpaired) electrons. The van der Waals surface area contributed by atoms with Gasteiger partial charge in [-0.3, -0.25) is 4.90 Å². The van der Waals surface area contributed by atoms with Crippen LogP contribution >= 0.6 is 0 Å². The average Bonchev–Trinajstić information content (AvgIpc) is 3.34. The van der Waals surface area contributed by atoms with Crippen molar-refractivity contribution in [2.24, 2.45) is 17.8 Å². The summed E-state index contributed by atoms with van der Waals surface area (Å²) in [5.74, 6) is 3.10. The molecule has 1 N–H and O–H groups in total. The Morgan fingerprint density at radius 3 is 3.07 bits per heavy atom. The van der Waals surface area contributed by atoms with Crippen LogP contribution < -0.4 is 5.32 Å². The maximum absolute atomic E-state index is 15.2. The number of carbonyl (C=O) groups excluding carboxylic acids is 1. The highest BCUT2D eigenvalue weighted by atomic mass is 19.1. The van der Waals surface area contributed by atoms with Crippen LogP contribution in [0.3, 0.4) is 0 Å². The number of pyridine rings is 1. The number of methoxy groups -OCH3 is 1. The summed E-state index contributed by atoms with van der Waals surface area (Å²) in [7, 11) is 1.35. The number of fused-ring (bicyclic) bond motifs is 1. The first-order valence-electron chi connectivity index (χ1n) is 10.8. The van der Waals surface area contributed by atoms with E-state index in [1.807, 2.05) is 4.90 Å². The van der Waals surface area contributed by atoms with Gasteiger partial charge in [0.1, 0.15) is 11.5 Å². The second-order valence-electron chi connectivity index (χ2n) is 9.09. The first kappa shape index (κ1) is 20.3. The van der Waals surface area contributed by atoms with E-state index in [1.54, 1.807) is 6.08 Å². The topological polar surface area (TPSA) is 54.5 Å². The molecule has 1 aromatic heterocycles. The maximum Gasteiger partial charge on any atom is 0.330 e. The minimum absolute atomic E-state index is 0.374. The van der Waals surface area contributed by atoms with E-state index in [0.717, 1.165) is 42.2 Å². The molecule has 3 aliphatic rings. The van der Waals surface area contributed by atoms with Gasteiger partial charge in [-0.05, 0) is 61.5 Å². The number of ether oxygens (including phenoxy) is 1. The monoisotopic (exact) mass is 401 g/mol. The van der Waals surface area contributed by atoms with Crippen molar-refractivity contribution in [1.82, 2.24) is 9.88 Å². The molecule has 1 saturated heterocycles. The van der Waals surface area contributed by atoms with Crippen molar-refractivity contribution in [1.29, 1.82) is 0 Å². The molecule has 0 spiro atoms. The largest absolute Gasteiger partial charge is 0.466 e. The SMILES string of the molecule is COC(=O)/C=C/CN1CCC(F)(CCc2ccc3c(n2)NCC([C@H]2CC2C)C3)C1. The number of hydrogen-bond donors (Lipinski definition) is 1. The van der Waals surface area contributed by atoms with Gasteiger partial charge in [-0.1, -0.05) is 19.1 Å². The van der Waals surface area contributed by atoms with Crippen LogP contribution in [0.25, 0.3) is 0 Å². The molecular weight excluding hydrogens is 369 g/mol. The van der Waals surface area contributed by atoms with Crippen molar-refractivity contribution < 1.29 is 13.9 Å². The quantitative estimate of drug-likeness (QED) is 0.561. The van der Waals surface area contributed by atoms with Crippen LogP contribution in [0, 0.1) is 17.8 Å². The summed E-state index contributed by atoms with van der Waals surface area (Å²) in [4.78, 5) is 18.0. The standard InChI is InChI=1S/C23H32FN3O2/c1-16-12-20(16)18-13-17-5-6-19(26-22(17)25-14-18)7-8-23(24)9-11-27(15-23)10-3-4-21(28)29-2/h3-6,16,18,20H,7-15H2,1-2H3,(H,25,26)/b4-3+/t16?,18?,20-,23?/m0/s1. The van der Waals surface area contributed by atoms with Crippen LogP contribution in [-0.4, -0.2) is 54.8 Å². The number of nitrogens with one attached hydrogen (secondary N) is 1. The van der Waals surface area contributed by atoms with Gasteiger partial charge in [0.05, 0.1) is 7.11 Å². The van der Waals surface area contributed by atoms with E-state index < -0.39 is 5.67 Å². The number of nitrogens with zero attached hydrogens (tertiary/aromatic N) is 2. The van der Waals surface area contributed by atoms with Crippen molar-refractivity contribution in [3.05, 3.63) is 35.5 Å². The Hall–Kier alpha value is -1.95. The third-order valence-electron chi connectivity index (χ3n) is 6.86. The lowest BCUT2D eigenvalue weighted by Crippen LogP contribution is -2.30. The molecule has 2 fully saturated rings. The van der Waals surface area contributed by atoms with Gasteiger partial charge in [0.15, 0.2) is 0 Å². The number of aryl methyl sites for hydroxylation is 1. The van der Waals surface area contributed by atoms with E-state index >= 15 is 4.39 Å². The lowest BCUT2D eigenvalue weighted by atomic mass is 9.90. The van der Waals surface area contributed by atoms with Gasteiger partial charge in [-0.15, -0.1) is 0 Å². The Morgan fingerprint density at radius 2 is 2.31 bits per heavy atom. The molecule has 6 heteroatoms. The molecule has 1 aliphatic carbocycles. The third-order valence-corrected chi connectivity index (χ3v) is 6.86. The molecule has 4 rings (SSSR count). The fraction of sp³-hybridized carbons (Fsp3) is 0.652.